The summed E-state index contributed by atoms with van der Waals surface area (Å²) in [6, 6.07) is 0. The molecule has 1 aromatic heterocycles. The van der Waals surface area contributed by atoms with Crippen LogP contribution < -0.4 is 11.0 Å². The number of aryl methyl sites for hydroxylation is 2. The van der Waals surface area contributed by atoms with Gasteiger partial charge >= 0.3 is 5.69 Å². The molecule has 1 fully saturated rings. The molecule has 1 aliphatic heterocycles. The molecule has 1 aromatic rings. The number of aromatic nitrogens is 2. The molecule has 0 aromatic carbocycles. The van der Waals surface area contributed by atoms with E-state index in [1.54, 1.807) is 21.5 Å². The van der Waals surface area contributed by atoms with Crippen LogP contribution >= 0.6 is 0 Å². The first kappa shape index (κ1) is 12.9. The fourth-order valence-corrected chi connectivity index (χ4v) is 2.15. The van der Waals surface area contributed by atoms with E-state index in [0.717, 1.165) is 26.2 Å². The Morgan fingerprint density at radius 3 is 2.56 bits per heavy atom. The van der Waals surface area contributed by atoms with E-state index in [1.165, 1.54) is 0 Å². The molecule has 0 saturated carbocycles. The minimum atomic E-state index is -0.0365. The Kier molecular flexibility index (Phi) is 4.19. The normalized spacial score (nSPS) is 15.9. The minimum absolute atomic E-state index is 0.0365. The van der Waals surface area contributed by atoms with Crippen molar-refractivity contribution in [1.82, 2.24) is 19.4 Å². The summed E-state index contributed by atoms with van der Waals surface area (Å²) >= 11 is 0. The van der Waals surface area contributed by atoms with Gasteiger partial charge in [-0.15, -0.1) is 0 Å². The van der Waals surface area contributed by atoms with Crippen LogP contribution in [0.15, 0.2) is 17.2 Å². The molecule has 18 heavy (non-hydrogen) atoms. The number of carbonyl (C=O) groups excluding carboxylic acids is 1. The van der Waals surface area contributed by atoms with Gasteiger partial charge in [0.15, 0.2) is 0 Å². The topological polar surface area (TPSA) is 59.3 Å². The molecular formula is C12H20N4O2. The van der Waals surface area contributed by atoms with Crippen LogP contribution in [0, 0.1) is 0 Å². The third kappa shape index (κ3) is 2.81. The van der Waals surface area contributed by atoms with Crippen LogP contribution in [0.5, 0.6) is 0 Å². The van der Waals surface area contributed by atoms with Crippen molar-refractivity contribution in [3.8, 4) is 0 Å². The molecule has 0 unspecified atom stereocenters. The van der Waals surface area contributed by atoms with Gasteiger partial charge in [0.2, 0.25) is 5.91 Å². The smallest absolute Gasteiger partial charge is 0.328 e. The van der Waals surface area contributed by atoms with Crippen molar-refractivity contribution in [3.63, 3.8) is 0 Å². The standard InChI is InChI=1S/C12H20N4O2/c1-2-14-9-10-16(12(14)18)6-3-11(17)15-7-4-13-5-8-15/h9-10,13H,2-8H2,1H3. The third-order valence-electron chi connectivity index (χ3n) is 3.29. The molecule has 1 saturated heterocycles. The Labute approximate surface area is 106 Å². The van der Waals surface area contributed by atoms with Gasteiger partial charge in [-0.1, -0.05) is 0 Å². The highest BCUT2D eigenvalue weighted by atomic mass is 16.2. The van der Waals surface area contributed by atoms with Gasteiger partial charge in [0.25, 0.3) is 0 Å². The van der Waals surface area contributed by atoms with E-state index in [0.29, 0.717) is 19.5 Å². The maximum atomic E-state index is 11.9. The zero-order chi connectivity index (χ0) is 13.0. The summed E-state index contributed by atoms with van der Waals surface area (Å²) in [5.41, 5.74) is -0.0365. The second-order valence-electron chi connectivity index (χ2n) is 4.44. The Morgan fingerprint density at radius 2 is 1.94 bits per heavy atom. The van der Waals surface area contributed by atoms with Gasteiger partial charge in [-0.25, -0.2) is 4.79 Å². The van der Waals surface area contributed by atoms with Crippen molar-refractivity contribution in [2.24, 2.45) is 0 Å². The first-order chi connectivity index (χ1) is 8.72. The van der Waals surface area contributed by atoms with Crippen LogP contribution in [0.1, 0.15) is 13.3 Å². The van der Waals surface area contributed by atoms with Crippen LogP contribution in [0.2, 0.25) is 0 Å². The first-order valence-corrected chi connectivity index (χ1v) is 6.46. The summed E-state index contributed by atoms with van der Waals surface area (Å²) in [5, 5.41) is 3.21. The fraction of sp³-hybridized carbons (Fsp3) is 0.667. The Balaban J connectivity index is 1.88. The van der Waals surface area contributed by atoms with Crippen molar-refractivity contribution in [2.45, 2.75) is 26.4 Å². The number of hydrogen-bond acceptors (Lipinski definition) is 3. The molecule has 1 N–H and O–H groups in total. The van der Waals surface area contributed by atoms with Crippen molar-refractivity contribution in [3.05, 3.63) is 22.9 Å². The van der Waals surface area contributed by atoms with E-state index in [9.17, 15) is 9.59 Å². The molecule has 0 spiro atoms. The summed E-state index contributed by atoms with van der Waals surface area (Å²) < 4.78 is 3.24. The predicted octanol–water partition coefficient (Wildman–Crippen LogP) is -0.508. The second kappa shape index (κ2) is 5.86. The zero-order valence-corrected chi connectivity index (χ0v) is 10.8. The first-order valence-electron chi connectivity index (χ1n) is 6.46. The number of imidazole rings is 1. The lowest BCUT2D eigenvalue weighted by Crippen LogP contribution is -2.46. The SMILES string of the molecule is CCn1ccn(CCC(=O)N2CCNCC2)c1=O. The highest BCUT2D eigenvalue weighted by Gasteiger charge is 2.16. The molecule has 6 heteroatoms. The molecule has 1 amide bonds. The number of nitrogens with zero attached hydrogens (tertiary/aromatic N) is 3. The van der Waals surface area contributed by atoms with E-state index in [-0.39, 0.29) is 11.6 Å². The maximum absolute atomic E-state index is 11.9. The number of rotatable bonds is 4. The van der Waals surface area contributed by atoms with Crippen molar-refractivity contribution in [2.75, 3.05) is 26.2 Å². The molecule has 6 nitrogen and oxygen atoms in total. The van der Waals surface area contributed by atoms with Gasteiger partial charge in [-0.3, -0.25) is 13.9 Å². The predicted molar refractivity (Wildman–Crippen MR) is 68.4 cm³/mol. The summed E-state index contributed by atoms with van der Waals surface area (Å²) in [6.07, 6.45) is 3.90. The highest BCUT2D eigenvalue weighted by Crippen LogP contribution is 1.99. The Bertz CT molecular complexity index is 457. The summed E-state index contributed by atoms with van der Waals surface area (Å²) in [6.45, 7) is 6.31. The molecule has 0 radical (unpaired) electrons. The highest BCUT2D eigenvalue weighted by molar-refractivity contribution is 5.76. The number of piperazine rings is 1. The molecule has 0 atom stereocenters. The van der Waals surface area contributed by atoms with E-state index in [4.69, 9.17) is 0 Å². The number of amides is 1. The van der Waals surface area contributed by atoms with Gasteiger partial charge in [0.1, 0.15) is 0 Å². The lowest BCUT2D eigenvalue weighted by Gasteiger charge is -2.27. The minimum Gasteiger partial charge on any atom is -0.340 e. The Hall–Kier alpha value is -1.56. The molecule has 100 valence electrons. The lowest BCUT2D eigenvalue weighted by atomic mass is 10.3. The van der Waals surface area contributed by atoms with E-state index in [2.05, 4.69) is 5.32 Å². The van der Waals surface area contributed by atoms with Gasteiger partial charge in [-0.2, -0.15) is 0 Å². The molecule has 2 heterocycles. The van der Waals surface area contributed by atoms with Crippen LogP contribution in [0.4, 0.5) is 0 Å². The van der Waals surface area contributed by atoms with Crippen LogP contribution in [0.25, 0.3) is 0 Å². The van der Waals surface area contributed by atoms with Gasteiger partial charge in [-0.05, 0) is 6.92 Å². The van der Waals surface area contributed by atoms with Gasteiger partial charge in [0, 0.05) is 58.1 Å². The summed E-state index contributed by atoms with van der Waals surface area (Å²) in [7, 11) is 0. The van der Waals surface area contributed by atoms with Crippen LogP contribution in [-0.4, -0.2) is 46.1 Å². The fourth-order valence-electron chi connectivity index (χ4n) is 2.15. The van der Waals surface area contributed by atoms with Crippen LogP contribution in [0.3, 0.4) is 0 Å². The molecule has 0 bridgehead atoms. The number of carbonyl (C=O) groups is 1. The molecule has 1 aliphatic rings. The summed E-state index contributed by atoms with van der Waals surface area (Å²) in [4.78, 5) is 25.6. The van der Waals surface area contributed by atoms with Crippen molar-refractivity contribution in [1.29, 1.82) is 0 Å². The molecule has 2 rings (SSSR count). The number of nitrogens with one attached hydrogen (secondary N) is 1. The largest absolute Gasteiger partial charge is 0.340 e. The summed E-state index contributed by atoms with van der Waals surface area (Å²) in [5.74, 6) is 0.132. The molecular weight excluding hydrogens is 232 g/mol. The zero-order valence-electron chi connectivity index (χ0n) is 10.8. The second-order valence-corrected chi connectivity index (χ2v) is 4.44. The molecule has 0 aliphatic carbocycles. The van der Waals surface area contributed by atoms with Gasteiger partial charge < -0.3 is 10.2 Å². The number of hydrogen-bond donors (Lipinski definition) is 1. The average Bonchev–Trinajstić information content (AvgIpc) is 2.77. The lowest BCUT2D eigenvalue weighted by molar-refractivity contribution is -0.132. The van der Waals surface area contributed by atoms with Gasteiger partial charge in [0.05, 0.1) is 0 Å². The maximum Gasteiger partial charge on any atom is 0.328 e. The van der Waals surface area contributed by atoms with Crippen LogP contribution in [-0.2, 0) is 17.9 Å². The van der Waals surface area contributed by atoms with E-state index >= 15 is 0 Å². The Morgan fingerprint density at radius 1 is 1.28 bits per heavy atom. The van der Waals surface area contributed by atoms with Crippen molar-refractivity contribution < 1.29 is 4.79 Å². The monoisotopic (exact) mass is 252 g/mol. The third-order valence-corrected chi connectivity index (χ3v) is 3.29. The average molecular weight is 252 g/mol. The quantitative estimate of drug-likeness (QED) is 0.785. The van der Waals surface area contributed by atoms with E-state index in [1.807, 2.05) is 11.8 Å². The van der Waals surface area contributed by atoms with Crippen molar-refractivity contribution >= 4 is 5.91 Å². The van der Waals surface area contributed by atoms with E-state index < -0.39 is 0 Å².